The number of hydrogen-bond acceptors (Lipinski definition) is 3. The lowest BCUT2D eigenvalue weighted by Gasteiger charge is -2.44. The summed E-state index contributed by atoms with van der Waals surface area (Å²) >= 11 is 0. The maximum absolute atomic E-state index is 13.4. The van der Waals surface area contributed by atoms with E-state index in [0.717, 1.165) is 6.07 Å². The highest BCUT2D eigenvalue weighted by atomic mass is 35.5. The minimum absolute atomic E-state index is 0. The number of aliphatic hydroxyl groups is 1. The number of rotatable bonds is 4. The third-order valence-corrected chi connectivity index (χ3v) is 4.28. The van der Waals surface area contributed by atoms with E-state index in [1.165, 1.54) is 6.07 Å². The van der Waals surface area contributed by atoms with Crippen LogP contribution in [-0.2, 0) is 6.18 Å². The summed E-state index contributed by atoms with van der Waals surface area (Å²) in [7, 11) is 0. The Morgan fingerprint density at radius 2 is 1.79 bits per heavy atom. The molecule has 0 aromatic heterocycles. The fourth-order valence-corrected chi connectivity index (χ4v) is 3.15. The summed E-state index contributed by atoms with van der Waals surface area (Å²) in [6.45, 7) is 5.66. The Bertz CT molecular complexity index is 545. The summed E-state index contributed by atoms with van der Waals surface area (Å²) in [6, 6.07) is 2.14. The van der Waals surface area contributed by atoms with E-state index in [-0.39, 0.29) is 24.6 Å². The average molecular weight is 371 g/mol. The van der Waals surface area contributed by atoms with Gasteiger partial charge in [-0.15, -0.1) is 12.4 Å². The van der Waals surface area contributed by atoms with Gasteiger partial charge in [0.05, 0.1) is 5.56 Å². The molecule has 2 N–H and O–H groups in total. The molecule has 1 aliphatic rings. The number of alkyl halides is 3. The number of hydrogen-bond donors (Lipinski definition) is 2. The second kappa shape index (κ2) is 7.99. The number of nitrogens with zero attached hydrogens (tertiary/aromatic N) is 1. The van der Waals surface area contributed by atoms with Crippen molar-refractivity contribution in [3.63, 3.8) is 0 Å². The fraction of sp³-hybridized carbons (Fsp3) is 0.625. The second-order valence-corrected chi connectivity index (χ2v) is 6.56. The maximum atomic E-state index is 13.4. The smallest absolute Gasteiger partial charge is 0.396 e. The van der Waals surface area contributed by atoms with Crippen LogP contribution < -0.4 is 5.32 Å². The highest BCUT2D eigenvalue weighted by Gasteiger charge is 2.42. The first-order valence-corrected chi connectivity index (χ1v) is 7.59. The zero-order chi connectivity index (χ0) is 17.3. The molecule has 2 rings (SSSR count). The van der Waals surface area contributed by atoms with Crippen molar-refractivity contribution in [3.05, 3.63) is 35.1 Å². The molecule has 1 aliphatic heterocycles. The van der Waals surface area contributed by atoms with Crippen molar-refractivity contribution in [1.29, 1.82) is 0 Å². The van der Waals surface area contributed by atoms with Gasteiger partial charge in [-0.25, -0.2) is 4.39 Å². The highest BCUT2D eigenvalue weighted by Crippen LogP contribution is 2.44. The van der Waals surface area contributed by atoms with Crippen LogP contribution in [0.4, 0.5) is 17.6 Å². The Balaban J connectivity index is 0.00000288. The van der Waals surface area contributed by atoms with Gasteiger partial charge in [-0.05, 0) is 17.7 Å². The summed E-state index contributed by atoms with van der Waals surface area (Å²) in [6.07, 6.45) is -4.64. The molecule has 0 saturated carbocycles. The molecule has 0 aliphatic carbocycles. The first-order valence-electron chi connectivity index (χ1n) is 7.59. The van der Waals surface area contributed by atoms with Crippen LogP contribution in [0.25, 0.3) is 0 Å². The molecular formula is C16H23ClF4N2O. The van der Waals surface area contributed by atoms with Crippen LogP contribution in [0.2, 0.25) is 0 Å². The van der Waals surface area contributed by atoms with Gasteiger partial charge in [0.25, 0.3) is 0 Å². The zero-order valence-corrected chi connectivity index (χ0v) is 14.5. The molecule has 1 saturated heterocycles. The van der Waals surface area contributed by atoms with Crippen LogP contribution in [0.15, 0.2) is 18.2 Å². The molecule has 0 unspecified atom stereocenters. The van der Waals surface area contributed by atoms with E-state index in [1.807, 2.05) is 4.90 Å². The van der Waals surface area contributed by atoms with Gasteiger partial charge in [-0.1, -0.05) is 19.9 Å². The molecule has 138 valence electrons. The van der Waals surface area contributed by atoms with Crippen LogP contribution >= 0.6 is 12.4 Å². The number of piperazine rings is 1. The van der Waals surface area contributed by atoms with Crippen molar-refractivity contribution in [2.45, 2.75) is 26.1 Å². The SMILES string of the molecule is CC(C)(CO)[C@H](c1ccc(F)cc1C(F)(F)F)N1CCNCC1.Cl. The summed E-state index contributed by atoms with van der Waals surface area (Å²) in [5.41, 5.74) is -1.75. The lowest BCUT2D eigenvalue weighted by molar-refractivity contribution is -0.139. The molecule has 1 fully saturated rings. The maximum Gasteiger partial charge on any atom is 0.416 e. The van der Waals surface area contributed by atoms with Gasteiger partial charge in [0.1, 0.15) is 5.82 Å². The number of halogens is 5. The van der Waals surface area contributed by atoms with Crippen LogP contribution in [0.1, 0.15) is 31.0 Å². The zero-order valence-electron chi connectivity index (χ0n) is 13.7. The van der Waals surface area contributed by atoms with Gasteiger partial charge < -0.3 is 10.4 Å². The summed E-state index contributed by atoms with van der Waals surface area (Å²) in [5.74, 6) is -0.915. The first-order chi connectivity index (χ1) is 10.7. The Morgan fingerprint density at radius 3 is 2.29 bits per heavy atom. The van der Waals surface area contributed by atoms with Gasteiger partial charge in [0.15, 0.2) is 0 Å². The number of aliphatic hydroxyl groups excluding tert-OH is 1. The van der Waals surface area contributed by atoms with Crippen molar-refractivity contribution >= 4 is 12.4 Å². The Morgan fingerprint density at radius 1 is 1.21 bits per heavy atom. The molecular weight excluding hydrogens is 348 g/mol. The van der Waals surface area contributed by atoms with E-state index >= 15 is 0 Å². The molecule has 8 heteroatoms. The molecule has 1 aromatic carbocycles. The minimum Gasteiger partial charge on any atom is -0.396 e. The number of benzene rings is 1. The van der Waals surface area contributed by atoms with Gasteiger partial charge in [0.2, 0.25) is 0 Å². The average Bonchev–Trinajstić information content (AvgIpc) is 2.49. The van der Waals surface area contributed by atoms with Gasteiger partial charge in [-0.2, -0.15) is 13.2 Å². The van der Waals surface area contributed by atoms with Crippen molar-refractivity contribution in [2.24, 2.45) is 5.41 Å². The van der Waals surface area contributed by atoms with Gasteiger partial charge >= 0.3 is 6.18 Å². The van der Waals surface area contributed by atoms with Crippen molar-refractivity contribution in [2.75, 3.05) is 32.8 Å². The molecule has 3 nitrogen and oxygen atoms in total. The van der Waals surface area contributed by atoms with Gasteiger partial charge in [-0.3, -0.25) is 4.90 Å². The van der Waals surface area contributed by atoms with E-state index in [2.05, 4.69) is 5.32 Å². The van der Waals surface area contributed by atoms with E-state index < -0.39 is 29.0 Å². The van der Waals surface area contributed by atoms with E-state index in [9.17, 15) is 22.7 Å². The third-order valence-electron chi connectivity index (χ3n) is 4.28. The van der Waals surface area contributed by atoms with E-state index in [0.29, 0.717) is 32.2 Å². The quantitative estimate of drug-likeness (QED) is 0.799. The van der Waals surface area contributed by atoms with E-state index in [1.54, 1.807) is 13.8 Å². The fourth-order valence-electron chi connectivity index (χ4n) is 3.15. The topological polar surface area (TPSA) is 35.5 Å². The largest absolute Gasteiger partial charge is 0.416 e. The normalized spacial score (nSPS) is 18.1. The van der Waals surface area contributed by atoms with Gasteiger partial charge in [0, 0.05) is 44.2 Å². The minimum atomic E-state index is -4.64. The van der Waals surface area contributed by atoms with Crippen LogP contribution in [0.3, 0.4) is 0 Å². The third kappa shape index (κ3) is 4.59. The van der Waals surface area contributed by atoms with Crippen LogP contribution in [0.5, 0.6) is 0 Å². The monoisotopic (exact) mass is 370 g/mol. The number of nitrogens with one attached hydrogen (secondary N) is 1. The standard InChI is InChI=1S/C16H22F4N2O.ClH/c1-15(2,10-23)14(22-7-5-21-6-8-22)12-4-3-11(17)9-13(12)16(18,19)20;/h3-4,9,14,21,23H,5-8,10H2,1-2H3;1H/t14-;/m0./s1. The summed E-state index contributed by atoms with van der Waals surface area (Å²) in [5, 5.41) is 12.9. The molecule has 0 radical (unpaired) electrons. The Kier molecular flexibility index (Phi) is 7.04. The van der Waals surface area contributed by atoms with Crippen molar-refractivity contribution in [1.82, 2.24) is 10.2 Å². The molecule has 24 heavy (non-hydrogen) atoms. The molecule has 0 amide bonds. The molecule has 1 atom stereocenters. The molecule has 0 spiro atoms. The molecule has 1 heterocycles. The van der Waals surface area contributed by atoms with Crippen molar-refractivity contribution < 1.29 is 22.7 Å². The first kappa shape index (κ1) is 21.2. The van der Waals surface area contributed by atoms with Crippen LogP contribution in [-0.4, -0.2) is 42.8 Å². The van der Waals surface area contributed by atoms with Crippen LogP contribution in [0, 0.1) is 11.2 Å². The molecule has 1 aromatic rings. The van der Waals surface area contributed by atoms with Crippen molar-refractivity contribution in [3.8, 4) is 0 Å². The second-order valence-electron chi connectivity index (χ2n) is 6.56. The lowest BCUT2D eigenvalue weighted by Crippen LogP contribution is -2.50. The molecule has 0 bridgehead atoms. The Hall–Kier alpha value is -0.890. The lowest BCUT2D eigenvalue weighted by atomic mass is 9.78. The van der Waals surface area contributed by atoms with E-state index in [4.69, 9.17) is 0 Å². The Labute approximate surface area is 145 Å². The summed E-state index contributed by atoms with van der Waals surface area (Å²) < 4.78 is 53.6. The predicted octanol–water partition coefficient (Wildman–Crippen LogP) is 3.23. The summed E-state index contributed by atoms with van der Waals surface area (Å²) in [4.78, 5) is 1.93. The highest BCUT2D eigenvalue weighted by molar-refractivity contribution is 5.85. The predicted molar refractivity (Wildman–Crippen MR) is 86.7 cm³/mol.